The molecule has 2 rings (SSSR count). The molecule has 0 aliphatic rings. The third kappa shape index (κ3) is 3.45. The maximum atomic E-state index is 5.64. The summed E-state index contributed by atoms with van der Waals surface area (Å²) >= 11 is 0. The van der Waals surface area contributed by atoms with E-state index in [4.69, 9.17) is 10.2 Å². The average Bonchev–Trinajstić information content (AvgIpc) is 2.87. The molecule has 18 heavy (non-hydrogen) atoms. The Bertz CT molecular complexity index is 464. The van der Waals surface area contributed by atoms with Crippen LogP contribution in [0.3, 0.4) is 0 Å². The van der Waals surface area contributed by atoms with Gasteiger partial charge in [-0.25, -0.2) is 0 Å². The maximum Gasteiger partial charge on any atom is 0.118 e. The molecule has 0 radical (unpaired) electrons. The third-order valence-corrected chi connectivity index (χ3v) is 2.99. The van der Waals surface area contributed by atoms with E-state index in [0.717, 1.165) is 31.2 Å². The molecule has 3 heteroatoms. The van der Waals surface area contributed by atoms with E-state index in [2.05, 4.69) is 36.1 Å². The SMILES string of the molecule is CCN(Cc1ccccc1)Cc1ccc(CN)o1. The van der Waals surface area contributed by atoms with Crippen LogP contribution >= 0.6 is 0 Å². The lowest BCUT2D eigenvalue weighted by Gasteiger charge is -2.19. The Morgan fingerprint density at radius 3 is 2.33 bits per heavy atom. The van der Waals surface area contributed by atoms with Crippen LogP contribution in [-0.4, -0.2) is 11.4 Å². The molecule has 1 aromatic carbocycles. The van der Waals surface area contributed by atoms with E-state index in [-0.39, 0.29) is 0 Å². The summed E-state index contributed by atoms with van der Waals surface area (Å²) in [7, 11) is 0. The molecule has 0 fully saturated rings. The lowest BCUT2D eigenvalue weighted by atomic mass is 10.2. The van der Waals surface area contributed by atoms with Gasteiger partial charge in [-0.05, 0) is 24.2 Å². The molecule has 0 saturated heterocycles. The smallest absolute Gasteiger partial charge is 0.118 e. The number of hydrogen-bond donors (Lipinski definition) is 1. The zero-order valence-electron chi connectivity index (χ0n) is 10.8. The largest absolute Gasteiger partial charge is 0.463 e. The van der Waals surface area contributed by atoms with Crippen molar-refractivity contribution in [3.63, 3.8) is 0 Å². The van der Waals surface area contributed by atoms with Crippen molar-refractivity contribution in [1.82, 2.24) is 4.90 Å². The highest BCUT2D eigenvalue weighted by molar-refractivity contribution is 5.14. The van der Waals surface area contributed by atoms with Crippen LogP contribution in [0, 0.1) is 0 Å². The summed E-state index contributed by atoms with van der Waals surface area (Å²) in [5.74, 6) is 1.83. The topological polar surface area (TPSA) is 42.4 Å². The van der Waals surface area contributed by atoms with Gasteiger partial charge in [0.05, 0.1) is 13.1 Å². The van der Waals surface area contributed by atoms with Gasteiger partial charge < -0.3 is 10.2 Å². The van der Waals surface area contributed by atoms with Gasteiger partial charge in [-0.2, -0.15) is 0 Å². The molecule has 0 unspecified atom stereocenters. The van der Waals surface area contributed by atoms with Gasteiger partial charge in [0, 0.05) is 6.54 Å². The van der Waals surface area contributed by atoms with E-state index in [1.54, 1.807) is 0 Å². The lowest BCUT2D eigenvalue weighted by Crippen LogP contribution is -2.21. The van der Waals surface area contributed by atoms with Crippen molar-refractivity contribution in [3.8, 4) is 0 Å². The van der Waals surface area contributed by atoms with Crippen LogP contribution in [0.5, 0.6) is 0 Å². The van der Waals surface area contributed by atoms with Crippen molar-refractivity contribution in [3.05, 3.63) is 59.5 Å². The Hall–Kier alpha value is -1.58. The molecule has 1 aromatic heterocycles. The van der Waals surface area contributed by atoms with Gasteiger partial charge >= 0.3 is 0 Å². The van der Waals surface area contributed by atoms with Crippen molar-refractivity contribution in [2.75, 3.05) is 6.54 Å². The van der Waals surface area contributed by atoms with Gasteiger partial charge in [0.25, 0.3) is 0 Å². The van der Waals surface area contributed by atoms with Crippen molar-refractivity contribution >= 4 is 0 Å². The van der Waals surface area contributed by atoms with E-state index >= 15 is 0 Å². The predicted octanol–water partition coefficient (Wildman–Crippen LogP) is 2.76. The monoisotopic (exact) mass is 244 g/mol. The summed E-state index contributed by atoms with van der Waals surface area (Å²) in [6.45, 7) is 5.38. The fourth-order valence-electron chi connectivity index (χ4n) is 1.96. The molecule has 0 saturated carbocycles. The molecule has 2 aromatic rings. The highest BCUT2D eigenvalue weighted by Gasteiger charge is 2.07. The molecule has 96 valence electrons. The molecular formula is C15H20N2O. The maximum absolute atomic E-state index is 5.64. The van der Waals surface area contributed by atoms with Crippen LogP contribution in [0.2, 0.25) is 0 Å². The van der Waals surface area contributed by atoms with Gasteiger partial charge in [-0.1, -0.05) is 37.3 Å². The van der Waals surface area contributed by atoms with Crippen molar-refractivity contribution < 1.29 is 4.42 Å². The van der Waals surface area contributed by atoms with Crippen molar-refractivity contribution in [2.24, 2.45) is 5.73 Å². The molecule has 0 spiro atoms. The van der Waals surface area contributed by atoms with Crippen molar-refractivity contribution in [1.29, 1.82) is 0 Å². The minimum atomic E-state index is 0.463. The molecular weight excluding hydrogens is 224 g/mol. The minimum absolute atomic E-state index is 0.463. The third-order valence-electron chi connectivity index (χ3n) is 2.99. The van der Waals surface area contributed by atoms with E-state index in [0.29, 0.717) is 6.54 Å². The van der Waals surface area contributed by atoms with Gasteiger partial charge in [-0.15, -0.1) is 0 Å². The standard InChI is InChI=1S/C15H20N2O/c1-2-17(11-13-6-4-3-5-7-13)12-15-9-8-14(10-16)18-15/h3-9H,2,10-12,16H2,1H3. The summed E-state index contributed by atoms with van der Waals surface area (Å²) in [5, 5.41) is 0. The minimum Gasteiger partial charge on any atom is -0.463 e. The molecule has 0 aliphatic carbocycles. The molecule has 0 amide bonds. The van der Waals surface area contributed by atoms with E-state index in [1.165, 1.54) is 5.56 Å². The number of rotatable bonds is 6. The normalized spacial score (nSPS) is 11.1. The van der Waals surface area contributed by atoms with Crippen LogP contribution in [-0.2, 0) is 19.6 Å². The Labute approximate surface area is 108 Å². The molecule has 2 N–H and O–H groups in total. The first-order chi connectivity index (χ1) is 8.81. The Kier molecular flexibility index (Phi) is 4.56. The highest BCUT2D eigenvalue weighted by Crippen LogP contribution is 2.12. The second-order valence-electron chi connectivity index (χ2n) is 4.36. The van der Waals surface area contributed by atoms with Gasteiger partial charge in [0.1, 0.15) is 11.5 Å². The van der Waals surface area contributed by atoms with E-state index in [9.17, 15) is 0 Å². The first kappa shape index (κ1) is 12.9. The van der Waals surface area contributed by atoms with Crippen molar-refractivity contribution in [2.45, 2.75) is 26.6 Å². The first-order valence-corrected chi connectivity index (χ1v) is 6.35. The zero-order chi connectivity index (χ0) is 12.8. The molecule has 0 bridgehead atoms. The Morgan fingerprint density at radius 1 is 1.00 bits per heavy atom. The molecule has 0 aliphatic heterocycles. The lowest BCUT2D eigenvalue weighted by molar-refractivity contribution is 0.245. The fourth-order valence-corrected chi connectivity index (χ4v) is 1.96. The van der Waals surface area contributed by atoms with Crippen LogP contribution in [0.25, 0.3) is 0 Å². The van der Waals surface area contributed by atoms with Gasteiger partial charge in [-0.3, -0.25) is 4.90 Å². The summed E-state index contributed by atoms with van der Waals surface area (Å²) in [6.07, 6.45) is 0. The first-order valence-electron chi connectivity index (χ1n) is 6.35. The predicted molar refractivity (Wildman–Crippen MR) is 72.8 cm³/mol. The van der Waals surface area contributed by atoms with Crippen LogP contribution in [0.15, 0.2) is 46.9 Å². The number of furan rings is 1. The van der Waals surface area contributed by atoms with E-state index in [1.807, 2.05) is 18.2 Å². The number of benzene rings is 1. The number of hydrogen-bond acceptors (Lipinski definition) is 3. The zero-order valence-corrected chi connectivity index (χ0v) is 10.8. The highest BCUT2D eigenvalue weighted by atomic mass is 16.3. The summed E-state index contributed by atoms with van der Waals surface area (Å²) < 4.78 is 5.64. The number of nitrogens with two attached hydrogens (primary N) is 1. The van der Waals surface area contributed by atoms with Gasteiger partial charge in [0.15, 0.2) is 0 Å². The summed E-state index contributed by atoms with van der Waals surface area (Å²) in [5.41, 5.74) is 6.87. The summed E-state index contributed by atoms with van der Waals surface area (Å²) in [4.78, 5) is 2.34. The quantitative estimate of drug-likeness (QED) is 0.849. The van der Waals surface area contributed by atoms with Gasteiger partial charge in [0.2, 0.25) is 0 Å². The van der Waals surface area contributed by atoms with E-state index < -0.39 is 0 Å². The Morgan fingerprint density at radius 2 is 1.72 bits per heavy atom. The van der Waals surface area contributed by atoms with Crippen LogP contribution in [0.4, 0.5) is 0 Å². The number of nitrogens with zero attached hydrogens (tertiary/aromatic N) is 1. The second kappa shape index (κ2) is 6.38. The van der Waals surface area contributed by atoms with Crippen LogP contribution in [0.1, 0.15) is 24.0 Å². The second-order valence-corrected chi connectivity index (χ2v) is 4.36. The Balaban J connectivity index is 1.97. The van der Waals surface area contributed by atoms with Crippen LogP contribution < -0.4 is 5.73 Å². The molecule has 3 nitrogen and oxygen atoms in total. The molecule has 1 heterocycles. The molecule has 0 atom stereocenters. The fraction of sp³-hybridized carbons (Fsp3) is 0.333. The average molecular weight is 244 g/mol. The summed E-state index contributed by atoms with van der Waals surface area (Å²) in [6, 6.07) is 14.4.